The largest absolute Gasteiger partial charge is 0.228 e. The monoisotopic (exact) mass is 732 g/mol. The minimum absolute atomic E-state index is 0.118. The summed E-state index contributed by atoms with van der Waals surface area (Å²) in [6.45, 7) is 4.67. The van der Waals surface area contributed by atoms with E-state index in [4.69, 9.17) is 9.97 Å². The molecule has 8 aromatic carbocycles. The fraction of sp³-hybridized carbons (Fsp3) is 0.0566. The maximum Gasteiger partial charge on any atom is 0.160 e. The lowest BCUT2D eigenvalue weighted by molar-refractivity contribution is 0.660. The minimum Gasteiger partial charge on any atom is -0.228 e. The summed E-state index contributed by atoms with van der Waals surface area (Å²) >= 11 is 1.85. The van der Waals surface area contributed by atoms with Crippen molar-refractivity contribution in [3.05, 3.63) is 193 Å². The molecule has 0 saturated carbocycles. The first kappa shape index (κ1) is 32.7. The Labute approximate surface area is 330 Å². The highest BCUT2D eigenvalue weighted by Gasteiger charge is 2.36. The molecule has 1 aliphatic rings. The second-order valence-electron chi connectivity index (χ2n) is 15.4. The second kappa shape index (κ2) is 12.7. The molecule has 0 atom stereocenters. The summed E-state index contributed by atoms with van der Waals surface area (Å²) in [4.78, 5) is 10.8. The van der Waals surface area contributed by atoms with Crippen molar-refractivity contribution in [1.82, 2.24) is 9.97 Å². The fourth-order valence-electron chi connectivity index (χ4n) is 8.80. The van der Waals surface area contributed by atoms with Crippen LogP contribution in [0.4, 0.5) is 0 Å². The molecule has 0 radical (unpaired) electrons. The first-order chi connectivity index (χ1) is 27.5. The summed E-state index contributed by atoms with van der Waals surface area (Å²) in [7, 11) is 0. The molecule has 0 saturated heterocycles. The standard InChI is InChI=1S/C53H36N2S/c1-53(2)45-20-10-8-18-42(45)51-43(19-12-21-46(51)53)48-32-47(54-52(55-48)37-24-23-34-15-6-7-16-35(34)27-37)40-29-38(33-13-4-3-5-14-33)28-39(30-40)36-25-26-50-44(31-36)41-17-9-11-22-49(41)56-50/h3-32H,1-2H3. The number of hydrogen-bond acceptors (Lipinski definition) is 3. The molecule has 3 heteroatoms. The van der Waals surface area contributed by atoms with Gasteiger partial charge in [0.25, 0.3) is 0 Å². The normalized spacial score (nSPS) is 13.0. The number of fused-ring (bicyclic) bond motifs is 7. The Morgan fingerprint density at radius 1 is 0.393 bits per heavy atom. The Bertz CT molecular complexity index is 3170. The number of hydrogen-bond donors (Lipinski definition) is 0. The van der Waals surface area contributed by atoms with Crippen LogP contribution in [0.25, 0.3) is 98.2 Å². The smallest absolute Gasteiger partial charge is 0.160 e. The molecule has 264 valence electrons. The minimum atomic E-state index is -0.118. The molecule has 0 fully saturated rings. The van der Waals surface area contributed by atoms with Crippen molar-refractivity contribution in [3.8, 4) is 67.3 Å². The summed E-state index contributed by atoms with van der Waals surface area (Å²) in [6.07, 6.45) is 0. The van der Waals surface area contributed by atoms with E-state index in [1.165, 1.54) is 64.3 Å². The van der Waals surface area contributed by atoms with Gasteiger partial charge >= 0.3 is 0 Å². The molecule has 56 heavy (non-hydrogen) atoms. The van der Waals surface area contributed by atoms with Gasteiger partial charge in [0.1, 0.15) is 0 Å². The summed E-state index contributed by atoms with van der Waals surface area (Å²) in [5, 5.41) is 4.96. The van der Waals surface area contributed by atoms with Crippen molar-refractivity contribution in [2.75, 3.05) is 0 Å². The van der Waals surface area contributed by atoms with Crippen LogP contribution in [-0.4, -0.2) is 9.97 Å². The number of rotatable bonds is 5. The molecule has 0 spiro atoms. The molecular formula is C53H36N2S. The van der Waals surface area contributed by atoms with Gasteiger partial charge in [0.15, 0.2) is 5.82 Å². The predicted molar refractivity (Wildman–Crippen MR) is 237 cm³/mol. The highest BCUT2D eigenvalue weighted by molar-refractivity contribution is 7.25. The van der Waals surface area contributed by atoms with Gasteiger partial charge in [-0.05, 0) is 104 Å². The van der Waals surface area contributed by atoms with Crippen LogP contribution < -0.4 is 0 Å². The topological polar surface area (TPSA) is 25.8 Å². The van der Waals surface area contributed by atoms with E-state index in [2.05, 4.69) is 196 Å². The summed E-state index contributed by atoms with van der Waals surface area (Å²) in [5.41, 5.74) is 14.7. The van der Waals surface area contributed by atoms with Crippen LogP contribution in [0.15, 0.2) is 182 Å². The molecule has 0 aliphatic heterocycles. The van der Waals surface area contributed by atoms with Gasteiger partial charge < -0.3 is 0 Å². The highest BCUT2D eigenvalue weighted by Crippen LogP contribution is 2.52. The predicted octanol–water partition coefficient (Wildman–Crippen LogP) is 14.6. The second-order valence-corrected chi connectivity index (χ2v) is 16.5. The maximum absolute atomic E-state index is 5.42. The fourth-order valence-corrected chi connectivity index (χ4v) is 9.89. The molecule has 0 unspecified atom stereocenters. The zero-order chi connectivity index (χ0) is 37.4. The first-order valence-electron chi connectivity index (χ1n) is 19.2. The van der Waals surface area contributed by atoms with E-state index in [0.29, 0.717) is 5.82 Å². The number of thiophene rings is 1. The van der Waals surface area contributed by atoms with Gasteiger partial charge in [-0.2, -0.15) is 0 Å². The first-order valence-corrected chi connectivity index (χ1v) is 20.0. The summed E-state index contributed by atoms with van der Waals surface area (Å²) < 4.78 is 2.61. The molecule has 2 heterocycles. The van der Waals surface area contributed by atoms with Gasteiger partial charge in [0.2, 0.25) is 0 Å². The average Bonchev–Trinajstić information content (AvgIpc) is 3.75. The lowest BCUT2D eigenvalue weighted by Gasteiger charge is -2.21. The zero-order valence-electron chi connectivity index (χ0n) is 31.1. The van der Waals surface area contributed by atoms with Gasteiger partial charge in [-0.25, -0.2) is 9.97 Å². The summed E-state index contributed by atoms with van der Waals surface area (Å²) in [5.74, 6) is 0.712. The SMILES string of the molecule is CC1(C)c2ccccc2-c2c(-c3cc(-c4cc(-c5ccccc5)cc(-c5ccc6sc7ccccc7c6c5)c4)nc(-c4ccc5ccccc5c4)n3)cccc21. The number of nitrogens with zero attached hydrogens (tertiary/aromatic N) is 2. The summed E-state index contributed by atoms with van der Waals surface area (Å²) in [6, 6.07) is 66.1. The average molecular weight is 733 g/mol. The van der Waals surface area contributed by atoms with E-state index >= 15 is 0 Å². The lowest BCUT2D eigenvalue weighted by Crippen LogP contribution is -2.14. The van der Waals surface area contributed by atoms with Crippen molar-refractivity contribution >= 4 is 42.3 Å². The molecule has 0 bridgehead atoms. The van der Waals surface area contributed by atoms with Crippen LogP contribution >= 0.6 is 11.3 Å². The van der Waals surface area contributed by atoms with Gasteiger partial charge in [-0.1, -0.05) is 147 Å². The Morgan fingerprint density at radius 2 is 1.05 bits per heavy atom. The van der Waals surface area contributed by atoms with Crippen LogP contribution in [0.3, 0.4) is 0 Å². The molecule has 1 aliphatic carbocycles. The third-order valence-corrected chi connectivity index (χ3v) is 12.8. The number of benzene rings is 8. The van der Waals surface area contributed by atoms with Crippen LogP contribution in [0.5, 0.6) is 0 Å². The van der Waals surface area contributed by atoms with Crippen molar-refractivity contribution in [2.45, 2.75) is 19.3 Å². The maximum atomic E-state index is 5.42. The van der Waals surface area contributed by atoms with Gasteiger partial charge in [-0.3, -0.25) is 0 Å². The molecule has 11 rings (SSSR count). The van der Waals surface area contributed by atoms with E-state index in [1.807, 2.05) is 11.3 Å². The quantitative estimate of drug-likeness (QED) is 0.176. The van der Waals surface area contributed by atoms with Crippen LogP contribution in [0.2, 0.25) is 0 Å². The third-order valence-electron chi connectivity index (χ3n) is 11.7. The third kappa shape index (κ3) is 5.31. The zero-order valence-corrected chi connectivity index (χ0v) is 31.9. The van der Waals surface area contributed by atoms with Crippen molar-refractivity contribution < 1.29 is 0 Å². The lowest BCUT2D eigenvalue weighted by atomic mass is 9.82. The molecular weight excluding hydrogens is 697 g/mol. The van der Waals surface area contributed by atoms with E-state index < -0.39 is 0 Å². The Morgan fingerprint density at radius 3 is 1.95 bits per heavy atom. The van der Waals surface area contributed by atoms with Gasteiger partial charge in [0, 0.05) is 42.3 Å². The molecule has 2 nitrogen and oxygen atoms in total. The van der Waals surface area contributed by atoms with E-state index in [-0.39, 0.29) is 5.41 Å². The Hall–Kier alpha value is -6.68. The molecule has 2 aromatic heterocycles. The molecule has 0 N–H and O–H groups in total. The van der Waals surface area contributed by atoms with Crippen LogP contribution in [-0.2, 0) is 5.41 Å². The molecule has 10 aromatic rings. The Balaban J connectivity index is 1.16. The number of aromatic nitrogens is 2. The van der Waals surface area contributed by atoms with Gasteiger partial charge in [-0.15, -0.1) is 11.3 Å². The van der Waals surface area contributed by atoms with Crippen molar-refractivity contribution in [1.29, 1.82) is 0 Å². The van der Waals surface area contributed by atoms with Crippen LogP contribution in [0.1, 0.15) is 25.0 Å². The van der Waals surface area contributed by atoms with Crippen LogP contribution in [0, 0.1) is 0 Å². The van der Waals surface area contributed by atoms with E-state index in [0.717, 1.165) is 39.2 Å². The van der Waals surface area contributed by atoms with Crippen molar-refractivity contribution in [3.63, 3.8) is 0 Å². The van der Waals surface area contributed by atoms with E-state index in [1.54, 1.807) is 0 Å². The van der Waals surface area contributed by atoms with Crippen molar-refractivity contribution in [2.24, 2.45) is 0 Å². The van der Waals surface area contributed by atoms with E-state index in [9.17, 15) is 0 Å². The van der Waals surface area contributed by atoms with Gasteiger partial charge in [0.05, 0.1) is 11.4 Å². The highest BCUT2D eigenvalue weighted by atomic mass is 32.1. The molecule has 0 amide bonds. The Kier molecular flexibility index (Phi) is 7.42.